The molecule has 0 aliphatic carbocycles. The van der Waals surface area contributed by atoms with Crippen molar-refractivity contribution >= 4 is 15.9 Å². The van der Waals surface area contributed by atoms with Crippen LogP contribution in [0.2, 0.25) is 0 Å². The van der Waals surface area contributed by atoms with Crippen LogP contribution < -0.4 is 10.0 Å². The summed E-state index contributed by atoms with van der Waals surface area (Å²) in [5, 5.41) is 12.6. The van der Waals surface area contributed by atoms with E-state index in [2.05, 4.69) is 14.9 Å². The summed E-state index contributed by atoms with van der Waals surface area (Å²) in [6, 6.07) is 7.32. The number of nitrogens with one attached hydrogen (secondary N) is 2. The van der Waals surface area contributed by atoms with Crippen LogP contribution in [0.4, 0.5) is 0 Å². The Morgan fingerprint density at radius 1 is 1.13 bits per heavy atom. The summed E-state index contributed by atoms with van der Waals surface area (Å²) >= 11 is 0. The fraction of sp³-hybridized carbons (Fsp3) is 0.571. The van der Waals surface area contributed by atoms with E-state index in [1.165, 1.54) is 31.4 Å². The number of aliphatic hydroxyl groups excluding tert-OH is 1. The summed E-state index contributed by atoms with van der Waals surface area (Å²) < 4.78 is 33.4. The van der Waals surface area contributed by atoms with Gasteiger partial charge in [0, 0.05) is 13.1 Å². The van der Waals surface area contributed by atoms with Crippen molar-refractivity contribution in [3.8, 4) is 0 Å². The number of ether oxygens (including phenoxy) is 1. The van der Waals surface area contributed by atoms with E-state index < -0.39 is 28.3 Å². The van der Waals surface area contributed by atoms with Crippen molar-refractivity contribution in [2.45, 2.75) is 48.8 Å². The number of likely N-dealkylation sites (tertiary alicyclic amines) is 1. The van der Waals surface area contributed by atoms with E-state index in [0.717, 1.165) is 19.6 Å². The van der Waals surface area contributed by atoms with Gasteiger partial charge in [0.05, 0.1) is 30.1 Å². The third-order valence-electron chi connectivity index (χ3n) is 5.39. The van der Waals surface area contributed by atoms with Gasteiger partial charge in [-0.2, -0.15) is 0 Å². The molecule has 166 valence electrons. The first kappa shape index (κ1) is 22.9. The molecule has 1 amide bonds. The maximum Gasteiger partial charge on any atom is 0.241 e. The molecule has 1 fully saturated rings. The average Bonchev–Trinajstić information content (AvgIpc) is 2.76. The van der Waals surface area contributed by atoms with Crippen molar-refractivity contribution in [3.05, 3.63) is 42.5 Å². The van der Waals surface area contributed by atoms with Gasteiger partial charge < -0.3 is 20.1 Å². The monoisotopic (exact) mass is 437 g/mol. The molecule has 2 aliphatic heterocycles. The first-order valence-electron chi connectivity index (χ1n) is 10.5. The Hall–Kier alpha value is -1.78. The van der Waals surface area contributed by atoms with Crippen LogP contribution in [-0.2, 0) is 19.6 Å². The van der Waals surface area contributed by atoms with Crippen LogP contribution in [0.1, 0.15) is 25.7 Å². The molecular formula is C21H31N3O5S. The van der Waals surface area contributed by atoms with Gasteiger partial charge in [-0.3, -0.25) is 4.79 Å². The normalized spacial score (nSPS) is 25.2. The second-order valence-corrected chi connectivity index (χ2v) is 9.41. The first-order chi connectivity index (χ1) is 14.5. The second kappa shape index (κ2) is 11.0. The molecule has 1 aromatic rings. The van der Waals surface area contributed by atoms with Gasteiger partial charge in [0.25, 0.3) is 0 Å². The van der Waals surface area contributed by atoms with Gasteiger partial charge in [-0.1, -0.05) is 36.8 Å². The van der Waals surface area contributed by atoms with Gasteiger partial charge >= 0.3 is 0 Å². The molecule has 30 heavy (non-hydrogen) atoms. The minimum atomic E-state index is -3.74. The van der Waals surface area contributed by atoms with Crippen molar-refractivity contribution in [2.75, 3.05) is 32.8 Å². The molecule has 0 saturated carbocycles. The third kappa shape index (κ3) is 6.61. The molecule has 3 N–H and O–H groups in total. The van der Waals surface area contributed by atoms with Crippen molar-refractivity contribution in [2.24, 2.45) is 0 Å². The number of aliphatic hydroxyl groups is 1. The van der Waals surface area contributed by atoms with Gasteiger partial charge in [0.1, 0.15) is 6.10 Å². The first-order valence-corrected chi connectivity index (χ1v) is 12.0. The highest BCUT2D eigenvalue weighted by atomic mass is 32.2. The quantitative estimate of drug-likeness (QED) is 0.490. The van der Waals surface area contributed by atoms with E-state index in [-0.39, 0.29) is 23.8 Å². The number of piperidine rings is 1. The maximum atomic E-state index is 12.5. The van der Waals surface area contributed by atoms with Gasteiger partial charge in [0.15, 0.2) is 0 Å². The highest BCUT2D eigenvalue weighted by Crippen LogP contribution is 2.18. The molecule has 3 rings (SSSR count). The zero-order chi connectivity index (χ0) is 21.4. The molecule has 0 unspecified atom stereocenters. The minimum absolute atomic E-state index is 0.123. The third-order valence-corrected chi connectivity index (χ3v) is 6.87. The van der Waals surface area contributed by atoms with E-state index in [4.69, 9.17) is 4.74 Å². The number of amides is 1. The minimum Gasteiger partial charge on any atom is -0.394 e. The van der Waals surface area contributed by atoms with E-state index >= 15 is 0 Å². The molecular weight excluding hydrogens is 406 g/mol. The lowest BCUT2D eigenvalue weighted by molar-refractivity contribution is -0.125. The molecule has 2 aliphatic rings. The molecule has 8 nitrogen and oxygen atoms in total. The van der Waals surface area contributed by atoms with Crippen molar-refractivity contribution in [3.63, 3.8) is 0 Å². The van der Waals surface area contributed by atoms with E-state index in [0.29, 0.717) is 6.54 Å². The lowest BCUT2D eigenvalue weighted by atomic mass is 10.1. The Labute approximate surface area is 178 Å². The van der Waals surface area contributed by atoms with Crippen molar-refractivity contribution < 1.29 is 23.1 Å². The predicted molar refractivity (Wildman–Crippen MR) is 113 cm³/mol. The number of hydrogen-bond acceptors (Lipinski definition) is 6. The van der Waals surface area contributed by atoms with Crippen LogP contribution in [0.3, 0.4) is 0 Å². The Morgan fingerprint density at radius 2 is 1.87 bits per heavy atom. The standard InChI is InChI=1S/C21H31N3O5S/c25-16-20-19(23-30(27,28)18-7-3-1-4-8-18)10-9-17(29-20)15-21(26)22-11-14-24-12-5-2-6-13-24/h1,3-4,7-10,17,19-20,23,25H,2,5-6,11-16H2,(H,22,26)/t17-,19+,20-/m1/s1. The SMILES string of the molecule is O=C(C[C@H]1C=C[C@H](NS(=O)(=O)c2ccccc2)[C@@H](CO)O1)NCCN1CCCCC1. The van der Waals surface area contributed by atoms with Crippen molar-refractivity contribution in [1.82, 2.24) is 14.9 Å². The van der Waals surface area contributed by atoms with Crippen LogP contribution in [0.5, 0.6) is 0 Å². The van der Waals surface area contributed by atoms with E-state index in [9.17, 15) is 18.3 Å². The number of rotatable bonds is 9. The highest BCUT2D eigenvalue weighted by molar-refractivity contribution is 7.89. The molecule has 1 saturated heterocycles. The van der Waals surface area contributed by atoms with Crippen LogP contribution in [0.25, 0.3) is 0 Å². The molecule has 0 spiro atoms. The summed E-state index contributed by atoms with van der Waals surface area (Å²) in [7, 11) is -3.74. The molecule has 3 atom stereocenters. The highest BCUT2D eigenvalue weighted by Gasteiger charge is 2.31. The number of sulfonamides is 1. The van der Waals surface area contributed by atoms with Crippen LogP contribution >= 0.6 is 0 Å². The van der Waals surface area contributed by atoms with Crippen LogP contribution in [0.15, 0.2) is 47.4 Å². The molecule has 0 aromatic heterocycles. The maximum absolute atomic E-state index is 12.5. The number of nitrogens with zero attached hydrogens (tertiary/aromatic N) is 1. The van der Waals surface area contributed by atoms with Gasteiger partial charge in [0.2, 0.25) is 15.9 Å². The summed E-state index contributed by atoms with van der Waals surface area (Å²) in [5.74, 6) is -0.123. The number of carbonyl (C=O) groups is 1. The summed E-state index contributed by atoms with van der Waals surface area (Å²) in [6.07, 6.45) is 5.90. The topological polar surface area (TPSA) is 108 Å². The smallest absolute Gasteiger partial charge is 0.241 e. The summed E-state index contributed by atoms with van der Waals surface area (Å²) in [5.41, 5.74) is 0. The lowest BCUT2D eigenvalue weighted by Gasteiger charge is -2.31. The van der Waals surface area contributed by atoms with Crippen molar-refractivity contribution in [1.29, 1.82) is 0 Å². The second-order valence-electron chi connectivity index (χ2n) is 7.70. The molecule has 1 aromatic carbocycles. The lowest BCUT2D eigenvalue weighted by Crippen LogP contribution is -2.49. The number of carbonyl (C=O) groups excluding carboxylic acids is 1. The summed E-state index contributed by atoms with van der Waals surface area (Å²) in [6.45, 7) is 3.25. The Morgan fingerprint density at radius 3 is 2.57 bits per heavy atom. The Bertz CT molecular complexity index is 809. The van der Waals surface area contributed by atoms with Crippen LogP contribution in [0, 0.1) is 0 Å². The van der Waals surface area contributed by atoms with Gasteiger partial charge in [-0.15, -0.1) is 0 Å². The molecule has 0 bridgehead atoms. The largest absolute Gasteiger partial charge is 0.394 e. The number of hydrogen-bond donors (Lipinski definition) is 3. The fourth-order valence-electron chi connectivity index (χ4n) is 3.75. The number of benzene rings is 1. The zero-order valence-corrected chi connectivity index (χ0v) is 17.9. The Kier molecular flexibility index (Phi) is 8.41. The van der Waals surface area contributed by atoms with E-state index in [1.807, 2.05) is 0 Å². The van der Waals surface area contributed by atoms with E-state index in [1.54, 1.807) is 30.4 Å². The van der Waals surface area contributed by atoms with Gasteiger partial charge in [-0.05, 0) is 38.1 Å². The Balaban J connectivity index is 1.48. The van der Waals surface area contributed by atoms with Gasteiger partial charge in [-0.25, -0.2) is 13.1 Å². The fourth-order valence-corrected chi connectivity index (χ4v) is 4.99. The molecule has 0 radical (unpaired) electrons. The summed E-state index contributed by atoms with van der Waals surface area (Å²) in [4.78, 5) is 14.7. The van der Waals surface area contributed by atoms with Crippen LogP contribution in [-0.4, -0.2) is 75.4 Å². The molecule has 2 heterocycles. The predicted octanol–water partition coefficient (Wildman–Crippen LogP) is 0.642. The average molecular weight is 438 g/mol. The molecule has 9 heteroatoms. The zero-order valence-electron chi connectivity index (χ0n) is 17.1.